The van der Waals surface area contributed by atoms with E-state index in [1.165, 1.54) is 0 Å². The van der Waals surface area contributed by atoms with Crippen LogP contribution in [0.1, 0.15) is 26.3 Å². The zero-order valence-corrected chi connectivity index (χ0v) is 11.6. The lowest BCUT2D eigenvalue weighted by atomic mass is 9.98. The lowest BCUT2D eigenvalue weighted by Crippen LogP contribution is -2.63. The fourth-order valence-electron chi connectivity index (χ4n) is 2.29. The van der Waals surface area contributed by atoms with Crippen LogP contribution in [0.15, 0.2) is 30.3 Å². The minimum absolute atomic E-state index is 0.00551. The zero-order chi connectivity index (χ0) is 14.0. The second kappa shape index (κ2) is 5.43. The van der Waals surface area contributed by atoms with E-state index in [0.717, 1.165) is 5.56 Å². The number of piperazine rings is 1. The van der Waals surface area contributed by atoms with Gasteiger partial charge in [-0.3, -0.25) is 9.59 Å². The lowest BCUT2D eigenvalue weighted by Gasteiger charge is -2.38. The summed E-state index contributed by atoms with van der Waals surface area (Å²) < 4.78 is 0. The number of carbonyl (C=O) groups excluding carboxylic acids is 2. The fraction of sp³-hybridized carbons (Fsp3) is 0.467. The van der Waals surface area contributed by atoms with Crippen molar-refractivity contribution in [1.82, 2.24) is 10.2 Å². The first-order chi connectivity index (χ1) is 9.00. The van der Waals surface area contributed by atoms with Crippen molar-refractivity contribution in [1.29, 1.82) is 0 Å². The first kappa shape index (κ1) is 13.6. The van der Waals surface area contributed by atoms with Crippen LogP contribution in [-0.2, 0) is 16.1 Å². The molecule has 0 saturated carbocycles. The predicted molar refractivity (Wildman–Crippen MR) is 73.2 cm³/mol. The summed E-state index contributed by atoms with van der Waals surface area (Å²) in [7, 11) is 0. The number of carbonyl (C=O) groups is 2. The fourth-order valence-corrected chi connectivity index (χ4v) is 2.29. The number of hydrogen-bond donors (Lipinski definition) is 1. The molecule has 1 aromatic rings. The van der Waals surface area contributed by atoms with Crippen molar-refractivity contribution < 1.29 is 9.59 Å². The van der Waals surface area contributed by atoms with Crippen molar-refractivity contribution in [2.24, 2.45) is 5.92 Å². The molecule has 1 saturated heterocycles. The van der Waals surface area contributed by atoms with Crippen molar-refractivity contribution in [3.63, 3.8) is 0 Å². The van der Waals surface area contributed by atoms with Crippen molar-refractivity contribution >= 4 is 11.8 Å². The van der Waals surface area contributed by atoms with E-state index in [1.54, 1.807) is 11.8 Å². The van der Waals surface area contributed by atoms with Crippen LogP contribution in [0.3, 0.4) is 0 Å². The highest BCUT2D eigenvalue weighted by molar-refractivity contribution is 5.96. The lowest BCUT2D eigenvalue weighted by molar-refractivity contribution is -0.150. The number of rotatable bonds is 3. The summed E-state index contributed by atoms with van der Waals surface area (Å²) in [6.07, 6.45) is 0. The molecule has 0 bridgehead atoms. The van der Waals surface area contributed by atoms with Gasteiger partial charge < -0.3 is 10.2 Å². The Morgan fingerprint density at radius 1 is 1.21 bits per heavy atom. The molecule has 0 aliphatic carbocycles. The standard InChI is InChI=1S/C15H20N2O2/c1-10(2)13-15(19)17(11(3)14(18)16-13)9-12-7-5-4-6-8-12/h4-8,10-11,13H,9H2,1-3H3,(H,16,18)/t11-,13+/m1/s1. The summed E-state index contributed by atoms with van der Waals surface area (Å²) in [4.78, 5) is 26.1. The van der Waals surface area contributed by atoms with E-state index in [0.29, 0.717) is 6.54 Å². The van der Waals surface area contributed by atoms with Gasteiger partial charge >= 0.3 is 0 Å². The largest absolute Gasteiger partial charge is 0.342 e. The number of benzene rings is 1. The van der Waals surface area contributed by atoms with E-state index < -0.39 is 12.1 Å². The van der Waals surface area contributed by atoms with Crippen LogP contribution in [0.2, 0.25) is 0 Å². The van der Waals surface area contributed by atoms with Crippen LogP contribution < -0.4 is 5.32 Å². The molecule has 0 unspecified atom stereocenters. The molecular weight excluding hydrogens is 240 g/mol. The van der Waals surface area contributed by atoms with E-state index in [2.05, 4.69) is 5.32 Å². The van der Waals surface area contributed by atoms with Crippen LogP contribution >= 0.6 is 0 Å². The zero-order valence-electron chi connectivity index (χ0n) is 11.6. The highest BCUT2D eigenvalue weighted by Gasteiger charge is 2.39. The molecule has 1 heterocycles. The number of hydrogen-bond acceptors (Lipinski definition) is 2. The molecule has 4 nitrogen and oxygen atoms in total. The average Bonchev–Trinajstić information content (AvgIpc) is 2.40. The van der Waals surface area contributed by atoms with E-state index in [-0.39, 0.29) is 17.7 Å². The number of amides is 2. The van der Waals surface area contributed by atoms with Gasteiger partial charge in [0.2, 0.25) is 11.8 Å². The molecule has 102 valence electrons. The molecule has 0 radical (unpaired) electrons. The van der Waals surface area contributed by atoms with Gasteiger partial charge in [0.15, 0.2) is 0 Å². The normalized spacial score (nSPS) is 23.7. The number of nitrogens with zero attached hydrogens (tertiary/aromatic N) is 1. The average molecular weight is 260 g/mol. The topological polar surface area (TPSA) is 49.4 Å². The summed E-state index contributed by atoms with van der Waals surface area (Å²) in [6.45, 7) is 6.14. The van der Waals surface area contributed by atoms with Gasteiger partial charge in [-0.1, -0.05) is 44.2 Å². The minimum Gasteiger partial charge on any atom is -0.342 e. The quantitative estimate of drug-likeness (QED) is 0.896. The number of nitrogens with one attached hydrogen (secondary N) is 1. The van der Waals surface area contributed by atoms with E-state index in [9.17, 15) is 9.59 Å². The molecule has 19 heavy (non-hydrogen) atoms. The molecule has 2 amide bonds. The summed E-state index contributed by atoms with van der Waals surface area (Å²) >= 11 is 0. The SMILES string of the molecule is CC(C)[C@@H]1NC(=O)[C@@H](C)N(Cc2ccccc2)C1=O. The van der Waals surface area contributed by atoms with Gasteiger partial charge in [0.05, 0.1) is 0 Å². The maximum atomic E-state index is 12.4. The smallest absolute Gasteiger partial charge is 0.246 e. The molecule has 2 atom stereocenters. The van der Waals surface area contributed by atoms with E-state index in [4.69, 9.17) is 0 Å². The van der Waals surface area contributed by atoms with Gasteiger partial charge in [0.1, 0.15) is 12.1 Å². The molecule has 0 spiro atoms. The van der Waals surface area contributed by atoms with Crippen LogP contribution in [0.25, 0.3) is 0 Å². The molecule has 1 aliphatic rings. The van der Waals surface area contributed by atoms with Crippen LogP contribution in [0.4, 0.5) is 0 Å². The minimum atomic E-state index is -0.414. The van der Waals surface area contributed by atoms with Gasteiger partial charge in [0, 0.05) is 6.54 Å². The van der Waals surface area contributed by atoms with Crippen LogP contribution in [0.5, 0.6) is 0 Å². The Morgan fingerprint density at radius 2 is 1.84 bits per heavy atom. The van der Waals surface area contributed by atoms with Crippen molar-refractivity contribution in [2.45, 2.75) is 39.4 Å². The third-order valence-corrected chi connectivity index (χ3v) is 3.56. The van der Waals surface area contributed by atoms with Gasteiger partial charge in [-0.2, -0.15) is 0 Å². The molecule has 2 rings (SSSR count). The summed E-state index contributed by atoms with van der Waals surface area (Å²) in [5.74, 6) is 0.0300. The molecule has 4 heteroatoms. The Kier molecular flexibility index (Phi) is 3.88. The molecule has 0 aromatic heterocycles. The summed E-state index contributed by atoms with van der Waals surface area (Å²) in [5.41, 5.74) is 1.04. The Bertz CT molecular complexity index is 470. The summed E-state index contributed by atoms with van der Waals surface area (Å²) in [5, 5.41) is 2.80. The second-order valence-electron chi connectivity index (χ2n) is 5.36. The highest BCUT2D eigenvalue weighted by Crippen LogP contribution is 2.18. The Hall–Kier alpha value is -1.84. The van der Waals surface area contributed by atoms with Crippen molar-refractivity contribution in [3.05, 3.63) is 35.9 Å². The van der Waals surface area contributed by atoms with Crippen LogP contribution in [0, 0.1) is 5.92 Å². The maximum absolute atomic E-state index is 12.4. The van der Waals surface area contributed by atoms with Crippen molar-refractivity contribution in [2.75, 3.05) is 0 Å². The van der Waals surface area contributed by atoms with Gasteiger partial charge in [-0.15, -0.1) is 0 Å². The highest BCUT2D eigenvalue weighted by atomic mass is 16.2. The molecule has 1 aromatic carbocycles. The van der Waals surface area contributed by atoms with Crippen LogP contribution in [-0.4, -0.2) is 28.8 Å². The predicted octanol–water partition coefficient (Wildman–Crippen LogP) is 1.56. The first-order valence-electron chi connectivity index (χ1n) is 6.65. The Labute approximate surface area is 113 Å². The first-order valence-corrected chi connectivity index (χ1v) is 6.65. The van der Waals surface area contributed by atoms with Crippen molar-refractivity contribution in [3.8, 4) is 0 Å². The second-order valence-corrected chi connectivity index (χ2v) is 5.36. The molecular formula is C15H20N2O2. The Morgan fingerprint density at radius 3 is 2.42 bits per heavy atom. The monoisotopic (exact) mass is 260 g/mol. The Balaban J connectivity index is 2.21. The maximum Gasteiger partial charge on any atom is 0.246 e. The molecule has 1 N–H and O–H groups in total. The molecule has 1 aliphatic heterocycles. The van der Waals surface area contributed by atoms with E-state index >= 15 is 0 Å². The third-order valence-electron chi connectivity index (χ3n) is 3.56. The third kappa shape index (κ3) is 2.78. The van der Waals surface area contributed by atoms with Gasteiger partial charge in [-0.05, 0) is 18.4 Å². The van der Waals surface area contributed by atoms with Gasteiger partial charge in [0.25, 0.3) is 0 Å². The molecule has 1 fully saturated rings. The van der Waals surface area contributed by atoms with Gasteiger partial charge in [-0.25, -0.2) is 0 Å². The summed E-state index contributed by atoms with van der Waals surface area (Å²) in [6, 6.07) is 8.93. The van der Waals surface area contributed by atoms with E-state index in [1.807, 2.05) is 44.2 Å².